The minimum Gasteiger partial charge on any atom is -0.479 e. The van der Waals surface area contributed by atoms with Crippen molar-refractivity contribution in [3.63, 3.8) is 0 Å². The van der Waals surface area contributed by atoms with E-state index in [0.717, 1.165) is 11.8 Å². The molecule has 4 nitrogen and oxygen atoms in total. The molecule has 1 aliphatic rings. The highest BCUT2D eigenvalue weighted by molar-refractivity contribution is 7.99. The third kappa shape index (κ3) is 3.80. The molecule has 0 aliphatic carbocycles. The Morgan fingerprint density at radius 3 is 3.00 bits per heavy atom. The van der Waals surface area contributed by atoms with Crippen molar-refractivity contribution in [2.24, 2.45) is 0 Å². The van der Waals surface area contributed by atoms with Crippen LogP contribution in [0, 0.1) is 17.1 Å². The van der Waals surface area contributed by atoms with Crippen LogP contribution in [0.4, 0.5) is 4.39 Å². The fraction of sp³-hybridized carbons (Fsp3) is 0.429. The number of halogens is 2. The molecule has 1 aromatic carbocycles. The number of hydrogen-bond donors (Lipinski definition) is 1. The molecule has 0 bridgehead atoms. The summed E-state index contributed by atoms with van der Waals surface area (Å²) >= 11 is 7.48. The molecule has 1 amide bonds. The van der Waals surface area contributed by atoms with Gasteiger partial charge in [0.25, 0.3) is 5.91 Å². The fourth-order valence-electron chi connectivity index (χ4n) is 1.93. The van der Waals surface area contributed by atoms with E-state index in [0.29, 0.717) is 12.2 Å². The van der Waals surface area contributed by atoms with Crippen molar-refractivity contribution < 1.29 is 13.9 Å². The first-order valence-corrected chi connectivity index (χ1v) is 7.92. The second-order valence-corrected chi connectivity index (χ2v) is 6.33. The standard InChI is InChI=1S/C14H14ClFN2O2S/c1-9(20-12-3-2-10(16)6-11(12)15)13(19)18-14(7-17)4-5-21-8-14/h2-3,6,9H,4-5,8H2,1H3,(H,18,19). The molecule has 0 radical (unpaired) electrons. The van der Waals surface area contributed by atoms with Crippen LogP contribution in [0.3, 0.4) is 0 Å². The Hall–Kier alpha value is -1.45. The first kappa shape index (κ1) is 15.9. The van der Waals surface area contributed by atoms with Crippen LogP contribution < -0.4 is 10.1 Å². The van der Waals surface area contributed by atoms with Crippen molar-refractivity contribution in [3.05, 3.63) is 29.0 Å². The van der Waals surface area contributed by atoms with E-state index in [1.807, 2.05) is 0 Å². The van der Waals surface area contributed by atoms with E-state index >= 15 is 0 Å². The molecule has 0 spiro atoms. The van der Waals surface area contributed by atoms with Crippen LogP contribution in [-0.4, -0.2) is 29.1 Å². The molecule has 1 N–H and O–H groups in total. The SMILES string of the molecule is CC(Oc1ccc(F)cc1Cl)C(=O)NC1(C#N)CCSC1. The summed E-state index contributed by atoms with van der Waals surface area (Å²) in [7, 11) is 0. The molecule has 1 aliphatic heterocycles. The van der Waals surface area contributed by atoms with Gasteiger partial charge in [-0.2, -0.15) is 17.0 Å². The normalized spacial score (nSPS) is 22.4. The van der Waals surface area contributed by atoms with Gasteiger partial charge in [-0.1, -0.05) is 11.6 Å². The van der Waals surface area contributed by atoms with E-state index in [2.05, 4.69) is 11.4 Å². The summed E-state index contributed by atoms with van der Waals surface area (Å²) in [6.45, 7) is 1.56. The first-order valence-electron chi connectivity index (χ1n) is 6.38. The van der Waals surface area contributed by atoms with E-state index in [1.54, 1.807) is 18.7 Å². The van der Waals surface area contributed by atoms with Gasteiger partial charge in [0.05, 0.1) is 11.1 Å². The Morgan fingerprint density at radius 2 is 2.43 bits per heavy atom. The summed E-state index contributed by atoms with van der Waals surface area (Å²) in [4.78, 5) is 12.1. The van der Waals surface area contributed by atoms with Gasteiger partial charge in [-0.15, -0.1) is 0 Å². The number of nitrogens with one attached hydrogen (secondary N) is 1. The monoisotopic (exact) mass is 328 g/mol. The highest BCUT2D eigenvalue weighted by atomic mass is 35.5. The Balaban J connectivity index is 2.01. The van der Waals surface area contributed by atoms with Gasteiger partial charge in [-0.05, 0) is 37.3 Å². The van der Waals surface area contributed by atoms with Crippen molar-refractivity contribution in [2.75, 3.05) is 11.5 Å². The molecular weight excluding hydrogens is 315 g/mol. The number of ether oxygens (including phenoxy) is 1. The maximum Gasteiger partial charge on any atom is 0.262 e. The van der Waals surface area contributed by atoms with Crippen molar-refractivity contribution in [3.8, 4) is 11.8 Å². The predicted octanol–water partition coefficient (Wildman–Crippen LogP) is 2.76. The van der Waals surface area contributed by atoms with Crippen molar-refractivity contribution in [2.45, 2.75) is 25.0 Å². The maximum atomic E-state index is 13.0. The lowest BCUT2D eigenvalue weighted by atomic mass is 10.0. The quantitative estimate of drug-likeness (QED) is 0.923. The highest BCUT2D eigenvalue weighted by Crippen LogP contribution is 2.28. The zero-order valence-electron chi connectivity index (χ0n) is 11.4. The van der Waals surface area contributed by atoms with Crippen LogP contribution >= 0.6 is 23.4 Å². The summed E-state index contributed by atoms with van der Waals surface area (Å²) in [5.41, 5.74) is -0.827. The van der Waals surface area contributed by atoms with Crippen LogP contribution in [0.1, 0.15) is 13.3 Å². The molecule has 7 heteroatoms. The minimum absolute atomic E-state index is 0.0982. The number of carbonyl (C=O) groups is 1. The molecular formula is C14H14ClFN2O2S. The van der Waals surface area contributed by atoms with E-state index in [1.165, 1.54) is 12.1 Å². The lowest BCUT2D eigenvalue weighted by molar-refractivity contribution is -0.128. The number of amides is 1. The summed E-state index contributed by atoms with van der Waals surface area (Å²) in [5, 5.41) is 12.1. The van der Waals surface area contributed by atoms with Crippen LogP contribution in [0.15, 0.2) is 18.2 Å². The third-order valence-corrected chi connectivity index (χ3v) is 4.65. The summed E-state index contributed by atoms with van der Waals surface area (Å²) in [6.07, 6.45) is -0.215. The summed E-state index contributed by atoms with van der Waals surface area (Å²) < 4.78 is 18.4. The van der Waals surface area contributed by atoms with E-state index < -0.39 is 17.5 Å². The molecule has 1 heterocycles. The molecule has 2 atom stereocenters. The Kier molecular flexibility index (Phi) is 4.96. The number of hydrogen-bond acceptors (Lipinski definition) is 4. The Bertz CT molecular complexity index is 585. The molecule has 1 aromatic rings. The van der Waals surface area contributed by atoms with Gasteiger partial charge in [0, 0.05) is 5.75 Å². The van der Waals surface area contributed by atoms with E-state index in [9.17, 15) is 14.4 Å². The number of rotatable bonds is 4. The number of nitriles is 1. The molecule has 1 saturated heterocycles. The van der Waals surface area contributed by atoms with Crippen LogP contribution in [0.5, 0.6) is 5.75 Å². The zero-order valence-corrected chi connectivity index (χ0v) is 12.9. The van der Waals surface area contributed by atoms with Crippen molar-refractivity contribution >= 4 is 29.3 Å². The van der Waals surface area contributed by atoms with E-state index in [4.69, 9.17) is 16.3 Å². The second-order valence-electron chi connectivity index (χ2n) is 4.82. The molecule has 1 fully saturated rings. The average molecular weight is 329 g/mol. The largest absolute Gasteiger partial charge is 0.479 e. The molecule has 21 heavy (non-hydrogen) atoms. The summed E-state index contributed by atoms with van der Waals surface area (Å²) in [5.74, 6) is 0.773. The number of benzene rings is 1. The topological polar surface area (TPSA) is 62.1 Å². The lowest BCUT2D eigenvalue weighted by Gasteiger charge is -2.24. The van der Waals surface area contributed by atoms with Crippen LogP contribution in [-0.2, 0) is 4.79 Å². The predicted molar refractivity (Wildman–Crippen MR) is 79.9 cm³/mol. The fourth-order valence-corrected chi connectivity index (χ4v) is 3.41. The van der Waals surface area contributed by atoms with Gasteiger partial charge < -0.3 is 10.1 Å². The summed E-state index contributed by atoms with van der Waals surface area (Å²) in [6, 6.07) is 5.85. The Labute approximate surface area is 131 Å². The zero-order chi connectivity index (χ0) is 15.5. The molecule has 2 rings (SSSR count). The maximum absolute atomic E-state index is 13.0. The number of nitrogens with zero attached hydrogens (tertiary/aromatic N) is 1. The number of thioether (sulfide) groups is 1. The van der Waals surface area contributed by atoms with Crippen molar-refractivity contribution in [1.29, 1.82) is 5.26 Å². The van der Waals surface area contributed by atoms with Gasteiger partial charge in [0.1, 0.15) is 17.1 Å². The minimum atomic E-state index is -0.830. The molecule has 112 valence electrons. The third-order valence-electron chi connectivity index (χ3n) is 3.17. The lowest BCUT2D eigenvalue weighted by Crippen LogP contribution is -2.51. The number of carbonyl (C=O) groups excluding carboxylic acids is 1. The van der Waals surface area contributed by atoms with Crippen LogP contribution in [0.2, 0.25) is 5.02 Å². The second kappa shape index (κ2) is 6.54. The van der Waals surface area contributed by atoms with Crippen LogP contribution in [0.25, 0.3) is 0 Å². The first-order chi connectivity index (χ1) is 9.96. The average Bonchev–Trinajstić information content (AvgIpc) is 2.91. The molecule has 0 saturated carbocycles. The highest BCUT2D eigenvalue weighted by Gasteiger charge is 2.37. The molecule has 2 unspecified atom stereocenters. The van der Waals surface area contributed by atoms with Gasteiger partial charge in [0.2, 0.25) is 0 Å². The smallest absolute Gasteiger partial charge is 0.262 e. The van der Waals surface area contributed by atoms with Gasteiger partial charge >= 0.3 is 0 Å². The van der Waals surface area contributed by atoms with E-state index in [-0.39, 0.29) is 16.7 Å². The Morgan fingerprint density at radius 1 is 1.67 bits per heavy atom. The molecule has 0 aromatic heterocycles. The van der Waals surface area contributed by atoms with Crippen molar-refractivity contribution in [1.82, 2.24) is 5.32 Å². The van der Waals surface area contributed by atoms with Gasteiger partial charge in [-0.25, -0.2) is 4.39 Å². The van der Waals surface area contributed by atoms with Gasteiger partial charge in [0.15, 0.2) is 6.10 Å². The van der Waals surface area contributed by atoms with Gasteiger partial charge in [-0.3, -0.25) is 4.79 Å².